The average Bonchev–Trinajstić information content (AvgIpc) is 2.61. The number of hydrogen-bond donors (Lipinski definition) is 2. The van der Waals surface area contributed by atoms with Crippen LogP contribution >= 0.6 is 0 Å². The van der Waals surface area contributed by atoms with Gasteiger partial charge in [0.25, 0.3) is 0 Å². The molecule has 1 amide bonds. The van der Waals surface area contributed by atoms with Gasteiger partial charge in [-0.3, -0.25) is 4.79 Å². The Morgan fingerprint density at radius 1 is 1.35 bits per heavy atom. The van der Waals surface area contributed by atoms with E-state index >= 15 is 0 Å². The van der Waals surface area contributed by atoms with E-state index < -0.39 is 23.5 Å². The number of rotatable bonds is 8. The number of amides is 1. The van der Waals surface area contributed by atoms with E-state index in [0.29, 0.717) is 35.1 Å². The molecular weight excluding hydrogens is 338 g/mol. The van der Waals surface area contributed by atoms with E-state index in [1.54, 1.807) is 25.1 Å². The Bertz CT molecular complexity index is 870. The fraction of sp³-hybridized carbons (Fsp3) is 0.421. The number of methoxy groups -OCH3 is 1. The first-order chi connectivity index (χ1) is 12.4. The molecule has 0 saturated carbocycles. The second kappa shape index (κ2) is 8.51. The van der Waals surface area contributed by atoms with Gasteiger partial charge in [-0.25, -0.2) is 9.59 Å². The van der Waals surface area contributed by atoms with E-state index in [-0.39, 0.29) is 12.0 Å². The third-order valence-corrected chi connectivity index (χ3v) is 4.31. The smallest absolute Gasteiger partial charge is 0.340 e. The second-order valence-electron chi connectivity index (χ2n) is 6.13. The van der Waals surface area contributed by atoms with E-state index in [9.17, 15) is 19.5 Å². The molecule has 2 N–H and O–H groups in total. The molecule has 1 aromatic heterocycles. The molecular formula is C19H23NO6. The maximum Gasteiger partial charge on any atom is 0.340 e. The number of carbonyl (C=O) groups is 2. The third kappa shape index (κ3) is 4.41. The predicted molar refractivity (Wildman–Crippen MR) is 96.6 cm³/mol. The molecule has 7 nitrogen and oxygen atoms in total. The Labute approximate surface area is 151 Å². The van der Waals surface area contributed by atoms with Gasteiger partial charge in [-0.05, 0) is 31.0 Å². The summed E-state index contributed by atoms with van der Waals surface area (Å²) in [6, 6.07) is 4.15. The van der Waals surface area contributed by atoms with E-state index in [0.717, 1.165) is 6.42 Å². The molecule has 0 bridgehead atoms. The molecule has 0 radical (unpaired) electrons. The standard InChI is InChI=1S/C19H23NO6/c1-4-5-6-15(18(22)23)20-17(21)10-14-11(2)13-8-7-12(25-3)9-16(13)26-19(14)24/h7-9,15H,4-6,10H2,1-3H3,(H,20,21)(H,22,23). The van der Waals surface area contributed by atoms with Crippen molar-refractivity contribution in [3.63, 3.8) is 0 Å². The summed E-state index contributed by atoms with van der Waals surface area (Å²) < 4.78 is 10.4. The van der Waals surface area contributed by atoms with Crippen LogP contribution in [0.25, 0.3) is 11.0 Å². The third-order valence-electron chi connectivity index (χ3n) is 4.31. The number of nitrogens with one attached hydrogen (secondary N) is 1. The zero-order valence-corrected chi connectivity index (χ0v) is 15.1. The minimum atomic E-state index is -1.08. The number of aryl methyl sites for hydroxylation is 1. The average molecular weight is 361 g/mol. The molecule has 1 atom stereocenters. The normalized spacial score (nSPS) is 12.0. The molecule has 0 aliphatic rings. The van der Waals surface area contributed by atoms with Crippen LogP contribution in [0.5, 0.6) is 5.75 Å². The Balaban J connectivity index is 2.25. The lowest BCUT2D eigenvalue weighted by Crippen LogP contribution is -2.42. The Morgan fingerprint density at radius 2 is 2.08 bits per heavy atom. The first-order valence-corrected chi connectivity index (χ1v) is 8.49. The highest BCUT2D eigenvalue weighted by atomic mass is 16.5. The molecule has 7 heteroatoms. The zero-order valence-electron chi connectivity index (χ0n) is 15.1. The monoisotopic (exact) mass is 361 g/mol. The van der Waals surface area contributed by atoms with Crippen LogP contribution in [0.4, 0.5) is 0 Å². The van der Waals surface area contributed by atoms with Crippen LogP contribution in [0.15, 0.2) is 27.4 Å². The number of aliphatic carboxylic acids is 1. The van der Waals surface area contributed by atoms with Crippen molar-refractivity contribution in [1.82, 2.24) is 5.32 Å². The van der Waals surface area contributed by atoms with Crippen molar-refractivity contribution in [2.24, 2.45) is 0 Å². The van der Waals surface area contributed by atoms with Gasteiger partial charge in [0.15, 0.2) is 0 Å². The Hall–Kier alpha value is -2.83. The van der Waals surface area contributed by atoms with Crippen LogP contribution in [-0.2, 0) is 16.0 Å². The highest BCUT2D eigenvalue weighted by Crippen LogP contribution is 2.24. The summed E-state index contributed by atoms with van der Waals surface area (Å²) in [6.45, 7) is 3.68. The minimum absolute atomic E-state index is 0.222. The quantitative estimate of drug-likeness (QED) is 0.700. The summed E-state index contributed by atoms with van der Waals surface area (Å²) in [5.74, 6) is -1.04. The SMILES string of the molecule is CCCCC(NC(=O)Cc1c(C)c2ccc(OC)cc2oc1=O)C(=O)O. The van der Waals surface area contributed by atoms with E-state index in [1.165, 1.54) is 7.11 Å². The predicted octanol–water partition coefficient (Wildman–Crippen LogP) is 2.41. The summed E-state index contributed by atoms with van der Waals surface area (Å²) >= 11 is 0. The molecule has 26 heavy (non-hydrogen) atoms. The first-order valence-electron chi connectivity index (χ1n) is 8.49. The Kier molecular flexibility index (Phi) is 6.38. The number of fused-ring (bicyclic) bond motifs is 1. The van der Waals surface area contributed by atoms with Crippen molar-refractivity contribution in [3.05, 3.63) is 39.7 Å². The summed E-state index contributed by atoms with van der Waals surface area (Å²) in [6.07, 6.45) is 1.64. The molecule has 0 aliphatic heterocycles. The van der Waals surface area contributed by atoms with Gasteiger partial charge in [-0.15, -0.1) is 0 Å². The molecule has 0 aliphatic carbocycles. The molecule has 1 unspecified atom stereocenters. The van der Waals surface area contributed by atoms with Crippen molar-refractivity contribution < 1.29 is 23.8 Å². The van der Waals surface area contributed by atoms with Gasteiger partial charge in [0.05, 0.1) is 19.1 Å². The molecule has 2 aromatic rings. The summed E-state index contributed by atoms with van der Waals surface area (Å²) in [7, 11) is 1.52. The Morgan fingerprint density at radius 3 is 2.69 bits per heavy atom. The second-order valence-corrected chi connectivity index (χ2v) is 6.13. The number of hydrogen-bond acceptors (Lipinski definition) is 5. The maximum atomic E-state index is 12.3. The van der Waals surface area contributed by atoms with Gasteiger partial charge in [0.2, 0.25) is 5.91 Å². The van der Waals surface area contributed by atoms with E-state index in [2.05, 4.69) is 5.32 Å². The van der Waals surface area contributed by atoms with Crippen LogP contribution in [-0.4, -0.2) is 30.1 Å². The number of unbranched alkanes of at least 4 members (excludes halogenated alkanes) is 1. The van der Waals surface area contributed by atoms with Crippen LogP contribution in [0, 0.1) is 6.92 Å². The van der Waals surface area contributed by atoms with Gasteiger partial charge in [-0.2, -0.15) is 0 Å². The molecule has 0 spiro atoms. The number of benzene rings is 1. The summed E-state index contributed by atoms with van der Waals surface area (Å²) in [5.41, 5.74) is 0.621. The van der Waals surface area contributed by atoms with Crippen LogP contribution in [0.3, 0.4) is 0 Å². The number of carboxylic acids is 1. The fourth-order valence-corrected chi connectivity index (χ4v) is 2.78. The first kappa shape index (κ1) is 19.5. The fourth-order valence-electron chi connectivity index (χ4n) is 2.78. The molecule has 1 heterocycles. The lowest BCUT2D eigenvalue weighted by Gasteiger charge is -2.14. The number of carbonyl (C=O) groups excluding carboxylic acids is 1. The van der Waals surface area contributed by atoms with E-state index in [1.807, 2.05) is 6.92 Å². The number of ether oxygens (including phenoxy) is 1. The van der Waals surface area contributed by atoms with Crippen LogP contribution in [0.1, 0.15) is 37.3 Å². The highest BCUT2D eigenvalue weighted by Gasteiger charge is 2.21. The van der Waals surface area contributed by atoms with Crippen molar-refractivity contribution in [1.29, 1.82) is 0 Å². The van der Waals surface area contributed by atoms with Crippen molar-refractivity contribution in [3.8, 4) is 5.75 Å². The van der Waals surface area contributed by atoms with Gasteiger partial charge in [-0.1, -0.05) is 19.8 Å². The minimum Gasteiger partial charge on any atom is -0.497 e. The number of carboxylic acid groups (broad SMARTS) is 1. The topological polar surface area (TPSA) is 106 Å². The summed E-state index contributed by atoms with van der Waals surface area (Å²) in [5, 5.41) is 12.4. The largest absolute Gasteiger partial charge is 0.497 e. The van der Waals surface area contributed by atoms with Crippen molar-refractivity contribution >= 4 is 22.8 Å². The van der Waals surface area contributed by atoms with Crippen LogP contribution < -0.4 is 15.7 Å². The van der Waals surface area contributed by atoms with E-state index in [4.69, 9.17) is 9.15 Å². The van der Waals surface area contributed by atoms with Gasteiger partial charge in [0.1, 0.15) is 17.4 Å². The maximum absolute atomic E-state index is 12.3. The van der Waals surface area contributed by atoms with Crippen molar-refractivity contribution in [2.75, 3.05) is 7.11 Å². The van der Waals surface area contributed by atoms with Crippen molar-refractivity contribution in [2.45, 2.75) is 45.6 Å². The molecule has 2 rings (SSSR count). The summed E-state index contributed by atoms with van der Waals surface area (Å²) in [4.78, 5) is 35.8. The molecule has 0 fully saturated rings. The molecule has 1 aromatic carbocycles. The van der Waals surface area contributed by atoms with Gasteiger partial charge < -0.3 is 19.6 Å². The van der Waals surface area contributed by atoms with Gasteiger partial charge >= 0.3 is 11.6 Å². The lowest BCUT2D eigenvalue weighted by molar-refractivity contribution is -0.142. The van der Waals surface area contributed by atoms with Gasteiger partial charge in [0, 0.05) is 11.5 Å². The zero-order chi connectivity index (χ0) is 19.3. The lowest BCUT2D eigenvalue weighted by atomic mass is 10.0. The highest BCUT2D eigenvalue weighted by molar-refractivity contribution is 5.87. The molecule has 140 valence electrons. The van der Waals surface area contributed by atoms with Crippen LogP contribution in [0.2, 0.25) is 0 Å². The molecule has 0 saturated heterocycles.